The summed E-state index contributed by atoms with van der Waals surface area (Å²) >= 11 is 0. The molecular weight excluding hydrogens is 252 g/mol. The summed E-state index contributed by atoms with van der Waals surface area (Å²) in [4.78, 5) is 0.219. The number of H-pyrrole nitrogens is 1. The Hall–Kier alpha value is -0.920. The zero-order chi connectivity index (χ0) is 14.0. The lowest BCUT2D eigenvalue weighted by Crippen LogP contribution is -2.49. The molecule has 0 aliphatic rings. The third kappa shape index (κ3) is 3.09. The Morgan fingerprint density at radius 3 is 2.28 bits per heavy atom. The van der Waals surface area contributed by atoms with Gasteiger partial charge in [-0.05, 0) is 26.7 Å². The van der Waals surface area contributed by atoms with E-state index < -0.39 is 15.6 Å². The van der Waals surface area contributed by atoms with E-state index in [1.54, 1.807) is 13.8 Å². The molecule has 0 bridgehead atoms. The Morgan fingerprint density at radius 2 is 1.89 bits per heavy atom. The monoisotopic (exact) mass is 274 g/mol. The van der Waals surface area contributed by atoms with Gasteiger partial charge >= 0.3 is 0 Å². The zero-order valence-electron chi connectivity index (χ0n) is 11.4. The Balaban J connectivity index is 2.91. The Bertz CT molecular complexity index is 484. The summed E-state index contributed by atoms with van der Waals surface area (Å²) in [5.74, 6) is 0. The summed E-state index contributed by atoms with van der Waals surface area (Å²) in [5, 5.41) is 6.56. The van der Waals surface area contributed by atoms with Crippen LogP contribution in [0.25, 0.3) is 0 Å². The molecule has 1 rings (SSSR count). The maximum atomic E-state index is 12.2. The lowest BCUT2D eigenvalue weighted by molar-refractivity contribution is 0.391. The molecule has 6 nitrogen and oxygen atoms in total. The van der Waals surface area contributed by atoms with E-state index in [1.165, 1.54) is 0 Å². The van der Waals surface area contributed by atoms with Crippen LogP contribution in [0, 0.1) is 13.8 Å². The second kappa shape index (κ2) is 5.38. The molecule has 0 fully saturated rings. The third-order valence-corrected chi connectivity index (χ3v) is 5.02. The predicted octanol–water partition coefficient (Wildman–Crippen LogP) is 0.822. The quantitative estimate of drug-likeness (QED) is 0.715. The molecule has 4 N–H and O–H groups in total. The van der Waals surface area contributed by atoms with E-state index in [1.807, 2.05) is 13.8 Å². The fraction of sp³-hybridized carbons (Fsp3) is 0.727. The van der Waals surface area contributed by atoms with E-state index in [0.717, 1.165) is 12.8 Å². The van der Waals surface area contributed by atoms with E-state index in [9.17, 15) is 8.42 Å². The number of aromatic amines is 1. The molecule has 0 atom stereocenters. The molecule has 7 heteroatoms. The lowest BCUT2D eigenvalue weighted by Gasteiger charge is -2.26. The van der Waals surface area contributed by atoms with Crippen LogP contribution in [-0.2, 0) is 10.0 Å². The maximum absolute atomic E-state index is 12.2. The molecule has 1 aromatic heterocycles. The first-order valence-corrected chi connectivity index (χ1v) is 7.54. The van der Waals surface area contributed by atoms with Gasteiger partial charge in [-0.25, -0.2) is 13.1 Å². The van der Waals surface area contributed by atoms with Crippen molar-refractivity contribution in [3.8, 4) is 0 Å². The number of nitrogens with zero attached hydrogens (tertiary/aromatic N) is 1. The van der Waals surface area contributed by atoms with Crippen molar-refractivity contribution in [1.29, 1.82) is 0 Å². The van der Waals surface area contributed by atoms with Gasteiger partial charge in [0.1, 0.15) is 4.90 Å². The maximum Gasteiger partial charge on any atom is 0.244 e. The SMILES string of the molecule is CCC(N)(CC)CNS(=O)(=O)c1c(C)n[nH]c1C. The van der Waals surface area contributed by atoms with Crippen molar-refractivity contribution in [1.82, 2.24) is 14.9 Å². The number of nitrogens with one attached hydrogen (secondary N) is 2. The van der Waals surface area contributed by atoms with Gasteiger partial charge in [0.15, 0.2) is 0 Å². The average molecular weight is 274 g/mol. The number of hydrogen-bond acceptors (Lipinski definition) is 4. The topological polar surface area (TPSA) is 101 Å². The van der Waals surface area contributed by atoms with Crippen LogP contribution in [0.4, 0.5) is 0 Å². The highest BCUT2D eigenvalue weighted by atomic mass is 32.2. The van der Waals surface area contributed by atoms with E-state index in [-0.39, 0.29) is 11.4 Å². The molecule has 18 heavy (non-hydrogen) atoms. The first kappa shape index (κ1) is 15.1. The van der Waals surface area contributed by atoms with Crippen molar-refractivity contribution in [2.75, 3.05) is 6.54 Å². The molecule has 0 aromatic carbocycles. The van der Waals surface area contributed by atoms with E-state index in [4.69, 9.17) is 5.73 Å². The number of nitrogens with two attached hydrogens (primary N) is 1. The molecular formula is C11H22N4O2S. The van der Waals surface area contributed by atoms with Crippen molar-refractivity contribution in [3.63, 3.8) is 0 Å². The fourth-order valence-electron chi connectivity index (χ4n) is 1.75. The van der Waals surface area contributed by atoms with Crippen LogP contribution in [0.1, 0.15) is 38.1 Å². The lowest BCUT2D eigenvalue weighted by atomic mass is 9.95. The van der Waals surface area contributed by atoms with Crippen molar-refractivity contribution in [3.05, 3.63) is 11.4 Å². The van der Waals surface area contributed by atoms with E-state index in [2.05, 4.69) is 14.9 Å². The highest BCUT2D eigenvalue weighted by Gasteiger charge is 2.27. The molecule has 0 saturated carbocycles. The molecule has 0 saturated heterocycles. The van der Waals surface area contributed by atoms with Crippen molar-refractivity contribution < 1.29 is 8.42 Å². The fourth-order valence-corrected chi connectivity index (χ4v) is 3.25. The Kier molecular flexibility index (Phi) is 4.52. The van der Waals surface area contributed by atoms with Crippen LogP contribution < -0.4 is 10.5 Å². The summed E-state index contributed by atoms with van der Waals surface area (Å²) in [6.07, 6.45) is 1.44. The molecule has 0 aliphatic heterocycles. The molecule has 0 amide bonds. The van der Waals surface area contributed by atoms with E-state index in [0.29, 0.717) is 11.4 Å². The largest absolute Gasteiger partial charge is 0.324 e. The summed E-state index contributed by atoms with van der Waals surface area (Å²) in [6, 6.07) is 0. The van der Waals surface area contributed by atoms with Crippen LogP contribution >= 0.6 is 0 Å². The smallest absolute Gasteiger partial charge is 0.244 e. The minimum absolute atomic E-state index is 0.219. The van der Waals surface area contributed by atoms with E-state index >= 15 is 0 Å². The summed E-state index contributed by atoms with van der Waals surface area (Å²) in [6.45, 7) is 7.47. The molecule has 1 heterocycles. The molecule has 1 aromatic rings. The predicted molar refractivity (Wildman–Crippen MR) is 70.8 cm³/mol. The van der Waals surface area contributed by atoms with Gasteiger partial charge in [0.25, 0.3) is 0 Å². The number of aryl methyl sites for hydroxylation is 2. The minimum atomic E-state index is -3.56. The van der Waals surface area contributed by atoms with Gasteiger partial charge in [-0.2, -0.15) is 5.10 Å². The standard InChI is InChI=1S/C11H22N4O2S/c1-5-11(12,6-2)7-13-18(16,17)10-8(3)14-15-9(10)4/h13H,5-7,12H2,1-4H3,(H,14,15). The molecule has 0 aliphatic carbocycles. The third-order valence-electron chi connectivity index (χ3n) is 3.35. The Labute approximate surface area is 108 Å². The van der Waals surface area contributed by atoms with Crippen LogP contribution in [0.2, 0.25) is 0 Å². The zero-order valence-corrected chi connectivity index (χ0v) is 12.2. The number of aromatic nitrogens is 2. The van der Waals surface area contributed by atoms with Crippen LogP contribution in [0.5, 0.6) is 0 Å². The normalized spacial score (nSPS) is 12.9. The van der Waals surface area contributed by atoms with Gasteiger partial charge in [-0.15, -0.1) is 0 Å². The van der Waals surface area contributed by atoms with Gasteiger partial charge in [0.05, 0.1) is 11.4 Å². The van der Waals surface area contributed by atoms with Gasteiger partial charge < -0.3 is 5.73 Å². The summed E-state index contributed by atoms with van der Waals surface area (Å²) < 4.78 is 26.9. The highest BCUT2D eigenvalue weighted by Crippen LogP contribution is 2.17. The molecule has 104 valence electrons. The molecule has 0 radical (unpaired) electrons. The summed E-state index contributed by atoms with van der Waals surface area (Å²) in [5.41, 5.74) is 6.59. The average Bonchev–Trinajstić information content (AvgIpc) is 2.67. The van der Waals surface area contributed by atoms with Gasteiger partial charge in [0.2, 0.25) is 10.0 Å². The second-order valence-electron chi connectivity index (χ2n) is 4.66. The second-order valence-corrected chi connectivity index (χ2v) is 6.36. The van der Waals surface area contributed by atoms with Gasteiger partial charge in [-0.1, -0.05) is 13.8 Å². The van der Waals surface area contributed by atoms with Crippen molar-refractivity contribution >= 4 is 10.0 Å². The number of rotatable bonds is 6. The van der Waals surface area contributed by atoms with Gasteiger partial charge in [0, 0.05) is 12.1 Å². The van der Waals surface area contributed by atoms with Crippen molar-refractivity contribution in [2.45, 2.75) is 51.0 Å². The van der Waals surface area contributed by atoms with Crippen molar-refractivity contribution in [2.24, 2.45) is 5.73 Å². The summed E-state index contributed by atoms with van der Waals surface area (Å²) in [7, 11) is -3.56. The number of sulfonamides is 1. The molecule has 0 spiro atoms. The molecule has 0 unspecified atom stereocenters. The Morgan fingerprint density at radius 1 is 1.33 bits per heavy atom. The first-order valence-electron chi connectivity index (χ1n) is 6.06. The van der Waals surface area contributed by atoms with Crippen LogP contribution in [0.15, 0.2) is 4.90 Å². The first-order chi connectivity index (χ1) is 8.25. The number of hydrogen-bond donors (Lipinski definition) is 3. The van der Waals surface area contributed by atoms with Crippen LogP contribution in [0.3, 0.4) is 0 Å². The highest BCUT2D eigenvalue weighted by molar-refractivity contribution is 7.89. The minimum Gasteiger partial charge on any atom is -0.324 e. The van der Waals surface area contributed by atoms with Crippen LogP contribution in [-0.4, -0.2) is 30.7 Å². The van der Waals surface area contributed by atoms with Gasteiger partial charge in [-0.3, -0.25) is 5.10 Å².